The lowest BCUT2D eigenvalue weighted by Gasteiger charge is -2.31. The number of carbonyl (C=O) groups is 2. The first-order valence-electron chi connectivity index (χ1n) is 10.8. The van der Waals surface area contributed by atoms with Gasteiger partial charge in [-0.3, -0.25) is 9.10 Å². The number of ether oxygens (including phenoxy) is 3. The fourth-order valence-corrected chi connectivity index (χ4v) is 5.67. The van der Waals surface area contributed by atoms with Crippen LogP contribution >= 0.6 is 11.6 Å². The second kappa shape index (κ2) is 10.1. The molecule has 0 fully saturated rings. The molecule has 3 aromatic carbocycles. The molecule has 4 rings (SSSR count). The number of halogens is 1. The molecule has 1 aliphatic heterocycles. The van der Waals surface area contributed by atoms with E-state index in [-0.39, 0.29) is 40.1 Å². The zero-order valence-corrected chi connectivity index (χ0v) is 21.3. The number of methoxy groups -OCH3 is 2. The van der Waals surface area contributed by atoms with Crippen molar-refractivity contribution in [3.8, 4) is 11.5 Å². The van der Waals surface area contributed by atoms with E-state index in [0.29, 0.717) is 22.6 Å². The van der Waals surface area contributed by atoms with Crippen molar-refractivity contribution in [2.45, 2.75) is 11.8 Å². The van der Waals surface area contributed by atoms with Crippen molar-refractivity contribution in [2.75, 3.05) is 37.0 Å². The first-order chi connectivity index (χ1) is 17.1. The average Bonchev–Trinajstić information content (AvgIpc) is 2.88. The molecule has 36 heavy (non-hydrogen) atoms. The molecule has 1 heterocycles. The molecule has 1 aliphatic rings. The van der Waals surface area contributed by atoms with E-state index in [9.17, 15) is 18.0 Å². The van der Waals surface area contributed by atoms with E-state index in [0.717, 1.165) is 0 Å². The smallest absolute Gasteiger partial charge is 0.337 e. The minimum atomic E-state index is -4.10. The Hall–Kier alpha value is -3.76. The molecule has 0 radical (unpaired) electrons. The number of esters is 1. The highest BCUT2D eigenvalue weighted by atomic mass is 35.5. The van der Waals surface area contributed by atoms with Gasteiger partial charge in [-0.25, -0.2) is 13.2 Å². The van der Waals surface area contributed by atoms with Crippen molar-refractivity contribution >= 4 is 44.9 Å². The number of hydrogen-bond donors (Lipinski definition) is 1. The summed E-state index contributed by atoms with van der Waals surface area (Å²) in [6.45, 7) is 1.91. The summed E-state index contributed by atoms with van der Waals surface area (Å²) in [7, 11) is -1.43. The Kier molecular flexibility index (Phi) is 7.09. The van der Waals surface area contributed by atoms with Gasteiger partial charge in [0.25, 0.3) is 15.9 Å². The Morgan fingerprint density at radius 3 is 2.47 bits per heavy atom. The van der Waals surface area contributed by atoms with Gasteiger partial charge in [-0.2, -0.15) is 0 Å². The normalized spacial score (nSPS) is 12.8. The number of benzene rings is 3. The van der Waals surface area contributed by atoms with Gasteiger partial charge in [0, 0.05) is 16.3 Å². The van der Waals surface area contributed by atoms with E-state index in [2.05, 4.69) is 5.32 Å². The predicted molar refractivity (Wildman–Crippen MR) is 135 cm³/mol. The largest absolute Gasteiger partial charge is 0.495 e. The number of nitrogens with zero attached hydrogens (tertiary/aromatic N) is 1. The number of sulfonamides is 1. The molecular formula is C25H23ClN2O7S. The standard InChI is InChI=1S/C25H23ClN2O7S/c1-15-12-17(25(30)34-3)4-7-19(15)27-24(29)16-5-8-21-20(13-16)28(10-11-35-21)36(31,32)23-14-18(26)6-9-22(23)33-2/h4-9,12-14H,10-11H2,1-3H3,(H,27,29). The van der Waals surface area contributed by atoms with Crippen LogP contribution < -0.4 is 19.1 Å². The Labute approximate surface area is 213 Å². The van der Waals surface area contributed by atoms with Gasteiger partial charge >= 0.3 is 5.97 Å². The van der Waals surface area contributed by atoms with Crippen molar-refractivity contribution in [1.82, 2.24) is 0 Å². The van der Waals surface area contributed by atoms with Crippen molar-refractivity contribution in [3.05, 3.63) is 76.3 Å². The topological polar surface area (TPSA) is 111 Å². The van der Waals surface area contributed by atoms with Crippen molar-refractivity contribution in [1.29, 1.82) is 0 Å². The van der Waals surface area contributed by atoms with Gasteiger partial charge in [-0.1, -0.05) is 11.6 Å². The van der Waals surface area contributed by atoms with Crippen LogP contribution in [0.5, 0.6) is 11.5 Å². The first-order valence-corrected chi connectivity index (χ1v) is 12.6. The van der Waals surface area contributed by atoms with Gasteiger partial charge in [0.1, 0.15) is 23.0 Å². The maximum absolute atomic E-state index is 13.6. The zero-order chi connectivity index (χ0) is 26.0. The Balaban J connectivity index is 1.67. The van der Waals surface area contributed by atoms with Crippen LogP contribution in [0.3, 0.4) is 0 Å². The maximum atomic E-state index is 13.6. The molecule has 0 spiro atoms. The van der Waals surface area contributed by atoms with Crippen molar-refractivity contribution < 1.29 is 32.2 Å². The molecule has 188 valence electrons. The summed E-state index contributed by atoms with van der Waals surface area (Å²) < 4.78 is 44.0. The fraction of sp³-hybridized carbons (Fsp3) is 0.200. The summed E-state index contributed by atoms with van der Waals surface area (Å²) in [5.74, 6) is -0.480. The van der Waals surface area contributed by atoms with Gasteiger partial charge in [-0.15, -0.1) is 0 Å². The highest BCUT2D eigenvalue weighted by molar-refractivity contribution is 7.93. The third kappa shape index (κ3) is 4.82. The molecule has 1 N–H and O–H groups in total. The molecule has 0 saturated heterocycles. The number of rotatable bonds is 6. The second-order valence-electron chi connectivity index (χ2n) is 7.88. The first kappa shape index (κ1) is 25.3. The van der Waals surface area contributed by atoms with E-state index in [4.69, 9.17) is 25.8 Å². The zero-order valence-electron chi connectivity index (χ0n) is 19.7. The summed E-state index contributed by atoms with van der Waals surface area (Å²) in [5, 5.41) is 3.03. The van der Waals surface area contributed by atoms with Gasteiger partial charge in [0.05, 0.1) is 32.0 Å². The summed E-state index contributed by atoms with van der Waals surface area (Å²) in [6.07, 6.45) is 0. The number of carbonyl (C=O) groups excluding carboxylic acids is 2. The Morgan fingerprint density at radius 1 is 1.03 bits per heavy atom. The van der Waals surface area contributed by atoms with Crippen molar-refractivity contribution in [2.24, 2.45) is 0 Å². The Morgan fingerprint density at radius 2 is 1.78 bits per heavy atom. The second-order valence-corrected chi connectivity index (χ2v) is 10.1. The fourth-order valence-electron chi connectivity index (χ4n) is 3.80. The average molecular weight is 531 g/mol. The van der Waals surface area contributed by atoms with Gasteiger partial charge in [-0.05, 0) is 67.1 Å². The molecule has 0 saturated carbocycles. The number of amides is 1. The molecule has 3 aromatic rings. The summed E-state index contributed by atoms with van der Waals surface area (Å²) in [4.78, 5) is 24.7. The summed E-state index contributed by atoms with van der Waals surface area (Å²) in [5.41, 5.74) is 1.94. The molecular weight excluding hydrogens is 508 g/mol. The lowest BCUT2D eigenvalue weighted by molar-refractivity contribution is 0.0600. The van der Waals surface area contributed by atoms with Gasteiger partial charge < -0.3 is 19.5 Å². The highest BCUT2D eigenvalue weighted by Crippen LogP contribution is 2.39. The van der Waals surface area contributed by atoms with E-state index >= 15 is 0 Å². The quantitative estimate of drug-likeness (QED) is 0.473. The minimum absolute atomic E-state index is 0.0319. The van der Waals surface area contributed by atoms with Crippen LogP contribution in [0.4, 0.5) is 11.4 Å². The van der Waals surface area contributed by atoms with Crippen LogP contribution in [0.1, 0.15) is 26.3 Å². The number of aryl methyl sites for hydroxylation is 1. The molecule has 1 amide bonds. The van der Waals surface area contributed by atoms with E-state index in [1.807, 2.05) is 0 Å². The number of anilines is 2. The van der Waals surface area contributed by atoms with Crippen LogP contribution in [0.2, 0.25) is 5.02 Å². The third-order valence-electron chi connectivity index (χ3n) is 5.63. The molecule has 9 nitrogen and oxygen atoms in total. The SMILES string of the molecule is COC(=O)c1ccc(NC(=O)c2ccc3c(c2)N(S(=O)(=O)c2cc(Cl)ccc2OC)CCO3)c(C)c1. The van der Waals surface area contributed by atoms with Gasteiger partial charge in [0.2, 0.25) is 0 Å². The molecule has 0 aliphatic carbocycles. The van der Waals surface area contributed by atoms with E-state index in [1.165, 1.54) is 42.8 Å². The lowest BCUT2D eigenvalue weighted by atomic mass is 10.1. The Bertz CT molecular complexity index is 1460. The monoisotopic (exact) mass is 530 g/mol. The third-order valence-corrected chi connectivity index (χ3v) is 7.70. The van der Waals surface area contributed by atoms with Crippen molar-refractivity contribution in [3.63, 3.8) is 0 Å². The number of hydrogen-bond acceptors (Lipinski definition) is 7. The highest BCUT2D eigenvalue weighted by Gasteiger charge is 2.33. The van der Waals surface area contributed by atoms with E-state index in [1.54, 1.807) is 37.3 Å². The summed E-state index contributed by atoms with van der Waals surface area (Å²) in [6, 6.07) is 13.6. The number of nitrogens with one attached hydrogen (secondary N) is 1. The molecule has 0 bridgehead atoms. The van der Waals surface area contributed by atoms with Gasteiger partial charge in [0.15, 0.2) is 0 Å². The van der Waals surface area contributed by atoms with E-state index < -0.39 is 21.9 Å². The molecule has 11 heteroatoms. The predicted octanol–water partition coefficient (Wildman–Crippen LogP) is 4.28. The molecule has 0 aromatic heterocycles. The molecule has 0 atom stereocenters. The van der Waals surface area contributed by atoms with Crippen LogP contribution in [0, 0.1) is 6.92 Å². The lowest BCUT2D eigenvalue weighted by Crippen LogP contribution is -2.38. The maximum Gasteiger partial charge on any atom is 0.337 e. The van der Waals surface area contributed by atoms with Crippen LogP contribution in [-0.4, -0.2) is 47.7 Å². The molecule has 0 unspecified atom stereocenters. The van der Waals surface area contributed by atoms with Crippen LogP contribution in [0.15, 0.2) is 59.5 Å². The van der Waals surface area contributed by atoms with Crippen LogP contribution in [0.25, 0.3) is 0 Å². The number of fused-ring (bicyclic) bond motifs is 1. The summed E-state index contributed by atoms with van der Waals surface area (Å²) >= 11 is 6.07. The van der Waals surface area contributed by atoms with Crippen LogP contribution in [-0.2, 0) is 14.8 Å². The minimum Gasteiger partial charge on any atom is -0.495 e.